The number of aromatic nitrogens is 4. The zero-order chi connectivity index (χ0) is 21.8. The minimum Gasteiger partial charge on any atom is -0.497 e. The van der Waals surface area contributed by atoms with Crippen molar-refractivity contribution in [3.8, 4) is 23.0 Å². The summed E-state index contributed by atoms with van der Waals surface area (Å²) >= 11 is 1.24. The summed E-state index contributed by atoms with van der Waals surface area (Å²) in [5.41, 5.74) is 1.87. The van der Waals surface area contributed by atoms with Crippen molar-refractivity contribution in [3.63, 3.8) is 0 Å². The smallest absolute Gasteiger partial charge is 0.275 e. The van der Waals surface area contributed by atoms with E-state index in [-0.39, 0.29) is 17.3 Å². The van der Waals surface area contributed by atoms with Crippen LogP contribution in [-0.4, -0.2) is 43.6 Å². The molecule has 4 rings (SSSR count). The number of amides is 1. The number of rotatable bonds is 7. The van der Waals surface area contributed by atoms with E-state index in [0.29, 0.717) is 22.9 Å². The maximum Gasteiger partial charge on any atom is 0.275 e. The van der Waals surface area contributed by atoms with E-state index in [9.17, 15) is 9.90 Å². The van der Waals surface area contributed by atoms with Crippen LogP contribution in [0.3, 0.4) is 0 Å². The van der Waals surface area contributed by atoms with Crippen LogP contribution < -0.4 is 4.74 Å². The predicted molar refractivity (Wildman–Crippen MR) is 118 cm³/mol. The Labute approximate surface area is 182 Å². The van der Waals surface area contributed by atoms with Crippen molar-refractivity contribution in [2.24, 2.45) is 10.2 Å². The molecule has 0 atom stereocenters. The first-order valence-electron chi connectivity index (χ1n) is 9.55. The molecular formula is C21H20N6O3S. The summed E-state index contributed by atoms with van der Waals surface area (Å²) in [6, 6.07) is 14.8. The number of aromatic hydroxyl groups is 1. The van der Waals surface area contributed by atoms with E-state index in [0.717, 1.165) is 16.8 Å². The molecule has 2 heterocycles. The number of H-pyrrole nitrogens is 1. The minimum atomic E-state index is -0.439. The number of aromatic amines is 1. The van der Waals surface area contributed by atoms with Crippen LogP contribution in [0.15, 0.2) is 63.9 Å². The molecule has 0 bridgehead atoms. The number of hydrogen-bond acceptors (Lipinski definition) is 7. The van der Waals surface area contributed by atoms with Crippen LogP contribution in [0.5, 0.6) is 11.6 Å². The molecule has 0 unspecified atom stereocenters. The Morgan fingerprint density at radius 1 is 1.19 bits per heavy atom. The number of nitrogens with zero attached hydrogens (tertiary/aromatic N) is 5. The number of para-hydroxylation sites is 1. The van der Waals surface area contributed by atoms with Gasteiger partial charge in [-0.15, -0.1) is 20.4 Å². The number of fused-ring (bicyclic) bond motifs is 1. The molecular weight excluding hydrogens is 416 g/mol. The van der Waals surface area contributed by atoms with Gasteiger partial charge in [-0.25, -0.2) is 0 Å². The van der Waals surface area contributed by atoms with Crippen molar-refractivity contribution >= 4 is 34.3 Å². The average molecular weight is 436 g/mol. The third-order valence-corrected chi connectivity index (χ3v) is 5.58. The summed E-state index contributed by atoms with van der Waals surface area (Å²) in [7, 11) is 1.62. The van der Waals surface area contributed by atoms with Crippen LogP contribution in [0.1, 0.15) is 6.92 Å². The lowest BCUT2D eigenvalue weighted by molar-refractivity contribution is -0.115. The number of carbonyl (C=O) groups is 1. The molecule has 31 heavy (non-hydrogen) atoms. The van der Waals surface area contributed by atoms with E-state index < -0.39 is 5.91 Å². The molecule has 0 spiro atoms. The molecule has 4 aromatic rings. The fraction of sp³-hybridized carbons (Fsp3) is 0.190. The Bertz CT molecular complexity index is 1250. The van der Waals surface area contributed by atoms with Gasteiger partial charge in [-0.3, -0.25) is 4.79 Å². The lowest BCUT2D eigenvalue weighted by Crippen LogP contribution is -2.02. The first-order chi connectivity index (χ1) is 15.1. The lowest BCUT2D eigenvalue weighted by atomic mass is 10.2. The average Bonchev–Trinajstić information content (AvgIpc) is 3.36. The molecule has 10 heteroatoms. The largest absolute Gasteiger partial charge is 0.497 e. The molecule has 9 nitrogen and oxygen atoms in total. The summed E-state index contributed by atoms with van der Waals surface area (Å²) in [5.74, 6) is 0.961. The van der Waals surface area contributed by atoms with Gasteiger partial charge in [0.25, 0.3) is 5.91 Å². The number of methoxy groups -OCH3 is 1. The van der Waals surface area contributed by atoms with Gasteiger partial charge in [0, 0.05) is 17.5 Å². The SMILES string of the molecule is CCn1c(SCC(=O)N=Nc2c(O)[nH]c3ccccc23)nnc1-c1ccc(OC)cc1. The third kappa shape index (κ3) is 4.29. The normalized spacial score (nSPS) is 11.4. The maximum atomic E-state index is 12.3. The van der Waals surface area contributed by atoms with Crippen molar-refractivity contribution < 1.29 is 14.6 Å². The molecule has 2 N–H and O–H groups in total. The van der Waals surface area contributed by atoms with Crippen LogP contribution in [0.25, 0.3) is 22.3 Å². The Balaban J connectivity index is 1.46. The van der Waals surface area contributed by atoms with Gasteiger partial charge < -0.3 is 19.4 Å². The quantitative estimate of drug-likeness (QED) is 0.324. The van der Waals surface area contributed by atoms with Gasteiger partial charge in [-0.1, -0.05) is 30.0 Å². The van der Waals surface area contributed by atoms with Crippen LogP contribution in [0.4, 0.5) is 5.69 Å². The second-order valence-corrected chi connectivity index (χ2v) is 7.47. The van der Waals surface area contributed by atoms with E-state index in [1.54, 1.807) is 13.2 Å². The Morgan fingerprint density at radius 2 is 1.97 bits per heavy atom. The van der Waals surface area contributed by atoms with Gasteiger partial charge >= 0.3 is 0 Å². The molecule has 0 fully saturated rings. The van der Waals surface area contributed by atoms with Gasteiger partial charge in [0.05, 0.1) is 18.4 Å². The lowest BCUT2D eigenvalue weighted by Gasteiger charge is -2.07. The molecule has 2 aromatic heterocycles. The van der Waals surface area contributed by atoms with Crippen molar-refractivity contribution in [1.29, 1.82) is 0 Å². The van der Waals surface area contributed by atoms with Gasteiger partial charge in [0.15, 0.2) is 16.7 Å². The zero-order valence-electron chi connectivity index (χ0n) is 16.9. The van der Waals surface area contributed by atoms with Crippen molar-refractivity contribution in [2.75, 3.05) is 12.9 Å². The summed E-state index contributed by atoms with van der Waals surface area (Å²) in [6.45, 7) is 2.64. The summed E-state index contributed by atoms with van der Waals surface area (Å²) in [6.07, 6.45) is 0. The highest BCUT2D eigenvalue weighted by Gasteiger charge is 2.15. The molecule has 0 radical (unpaired) electrons. The number of carbonyl (C=O) groups excluding carboxylic acids is 1. The highest BCUT2D eigenvalue weighted by molar-refractivity contribution is 7.99. The standard InChI is InChI=1S/C21H20N6O3S/c1-3-27-19(13-8-10-14(30-2)11-9-13)25-26-21(27)31-12-17(28)23-24-18-15-6-4-5-7-16(15)22-20(18)29/h4-11,22,29H,3,12H2,1-2H3. The number of azo groups is 1. The monoisotopic (exact) mass is 436 g/mol. The fourth-order valence-electron chi connectivity index (χ4n) is 3.11. The van der Waals surface area contributed by atoms with Crippen LogP contribution in [0, 0.1) is 0 Å². The summed E-state index contributed by atoms with van der Waals surface area (Å²) in [5, 5.41) is 27.5. The number of benzene rings is 2. The zero-order valence-corrected chi connectivity index (χ0v) is 17.8. The second kappa shape index (κ2) is 9.00. The Kier molecular flexibility index (Phi) is 5.99. The van der Waals surface area contributed by atoms with Gasteiger partial charge in [-0.05, 0) is 37.3 Å². The first-order valence-corrected chi connectivity index (χ1v) is 10.5. The first kappa shape index (κ1) is 20.6. The predicted octanol–water partition coefficient (Wildman–Crippen LogP) is 4.56. The topological polar surface area (TPSA) is 118 Å². The van der Waals surface area contributed by atoms with E-state index in [2.05, 4.69) is 25.4 Å². The molecule has 0 saturated carbocycles. The van der Waals surface area contributed by atoms with Crippen molar-refractivity contribution in [2.45, 2.75) is 18.6 Å². The number of nitrogens with one attached hydrogen (secondary N) is 1. The van der Waals surface area contributed by atoms with Crippen molar-refractivity contribution in [3.05, 3.63) is 48.5 Å². The molecule has 0 aliphatic carbocycles. The molecule has 158 valence electrons. The summed E-state index contributed by atoms with van der Waals surface area (Å²) in [4.78, 5) is 15.1. The van der Waals surface area contributed by atoms with Gasteiger partial charge in [-0.2, -0.15) is 0 Å². The number of hydrogen-bond donors (Lipinski definition) is 2. The maximum absolute atomic E-state index is 12.3. The Morgan fingerprint density at radius 3 is 2.71 bits per heavy atom. The van der Waals surface area contributed by atoms with Gasteiger partial charge in [0.1, 0.15) is 5.75 Å². The second-order valence-electron chi connectivity index (χ2n) is 6.53. The third-order valence-electron chi connectivity index (χ3n) is 4.63. The van der Waals surface area contributed by atoms with E-state index in [4.69, 9.17) is 4.74 Å². The highest BCUT2D eigenvalue weighted by atomic mass is 32.2. The van der Waals surface area contributed by atoms with Crippen LogP contribution >= 0.6 is 11.8 Å². The van der Waals surface area contributed by atoms with Gasteiger partial charge in [0.2, 0.25) is 5.88 Å². The van der Waals surface area contributed by atoms with E-state index in [1.165, 1.54) is 11.8 Å². The number of ether oxygens (including phenoxy) is 1. The van der Waals surface area contributed by atoms with Crippen molar-refractivity contribution in [1.82, 2.24) is 19.7 Å². The molecule has 0 aliphatic rings. The highest BCUT2D eigenvalue weighted by Crippen LogP contribution is 2.35. The van der Waals surface area contributed by atoms with E-state index >= 15 is 0 Å². The van der Waals surface area contributed by atoms with E-state index in [1.807, 2.05) is 54.0 Å². The van der Waals surface area contributed by atoms with Crippen LogP contribution in [-0.2, 0) is 11.3 Å². The number of thioether (sulfide) groups is 1. The molecule has 1 amide bonds. The Hall–Kier alpha value is -3.66. The van der Waals surface area contributed by atoms with Crippen LogP contribution in [0.2, 0.25) is 0 Å². The molecule has 0 saturated heterocycles. The minimum absolute atomic E-state index is 0.0490. The fourth-order valence-corrected chi connectivity index (χ4v) is 3.89. The molecule has 2 aromatic carbocycles. The summed E-state index contributed by atoms with van der Waals surface area (Å²) < 4.78 is 7.12. The molecule has 0 aliphatic heterocycles.